The van der Waals surface area contributed by atoms with Crippen molar-refractivity contribution in [2.75, 3.05) is 18.4 Å². The van der Waals surface area contributed by atoms with E-state index in [0.717, 1.165) is 0 Å². The predicted octanol–water partition coefficient (Wildman–Crippen LogP) is 1.38. The van der Waals surface area contributed by atoms with E-state index in [-0.39, 0.29) is 22.8 Å². The van der Waals surface area contributed by atoms with Crippen molar-refractivity contribution >= 4 is 45.8 Å². The molecule has 11 heteroatoms. The van der Waals surface area contributed by atoms with Crippen molar-refractivity contribution in [1.29, 1.82) is 0 Å². The molecule has 0 aliphatic carbocycles. The first-order valence-corrected chi connectivity index (χ1v) is 7.50. The van der Waals surface area contributed by atoms with Crippen molar-refractivity contribution in [3.05, 3.63) is 39.7 Å². The number of rotatable bonds is 5. The number of hydrogen-bond donors (Lipinski definition) is 3. The molecule has 1 aromatic carbocycles. The predicted molar refractivity (Wildman–Crippen MR) is 90.6 cm³/mol. The highest BCUT2D eigenvalue weighted by molar-refractivity contribution is 9.10. The van der Waals surface area contributed by atoms with Gasteiger partial charge in [0.2, 0.25) is 0 Å². The number of halogens is 3. The van der Waals surface area contributed by atoms with Crippen molar-refractivity contribution < 1.29 is 13.8 Å². The van der Waals surface area contributed by atoms with Crippen LogP contribution in [0.2, 0.25) is 0 Å². The molecule has 0 spiro atoms. The van der Waals surface area contributed by atoms with Crippen molar-refractivity contribution in [3.8, 4) is 0 Å². The normalized spacial score (nSPS) is 16.4. The fraction of sp³-hybridized carbons (Fsp3) is 0.231. The van der Waals surface area contributed by atoms with Crippen molar-refractivity contribution in [2.24, 2.45) is 10.8 Å². The van der Waals surface area contributed by atoms with E-state index >= 15 is 0 Å². The van der Waals surface area contributed by atoms with Gasteiger partial charge in [0.25, 0.3) is 5.91 Å². The standard InChI is InChI=1S/C13H12BrFN6O2.ClH/c14-7-5-6(1-2-8(7)15)9-10(18-19-13(9)22)11-12(17-4-3-16)21-23-20-11;/h1-2,5,9H,3-4,16H2,(H,17,21)(H,19,22);1H. The van der Waals surface area contributed by atoms with Crippen LogP contribution in [0.5, 0.6) is 0 Å². The molecule has 2 heterocycles. The number of benzene rings is 1. The maximum Gasteiger partial charge on any atom is 0.253 e. The average Bonchev–Trinajstić information content (AvgIpc) is 3.14. The molecule has 8 nitrogen and oxygen atoms in total. The summed E-state index contributed by atoms with van der Waals surface area (Å²) in [6.07, 6.45) is 0. The van der Waals surface area contributed by atoms with E-state index in [1.54, 1.807) is 0 Å². The van der Waals surface area contributed by atoms with Gasteiger partial charge in [0, 0.05) is 13.1 Å². The van der Waals surface area contributed by atoms with Gasteiger partial charge in [-0.2, -0.15) is 5.10 Å². The largest absolute Gasteiger partial charge is 0.364 e. The highest BCUT2D eigenvalue weighted by Gasteiger charge is 2.36. The molecule has 3 rings (SSSR count). The van der Waals surface area contributed by atoms with Crippen molar-refractivity contribution in [1.82, 2.24) is 15.7 Å². The molecule has 0 bridgehead atoms. The monoisotopic (exact) mass is 418 g/mol. The summed E-state index contributed by atoms with van der Waals surface area (Å²) >= 11 is 3.11. The lowest BCUT2D eigenvalue weighted by atomic mass is 9.92. The van der Waals surface area contributed by atoms with Crippen LogP contribution < -0.4 is 16.5 Å². The van der Waals surface area contributed by atoms with Gasteiger partial charge in [-0.25, -0.2) is 14.4 Å². The zero-order valence-electron chi connectivity index (χ0n) is 12.1. The van der Waals surface area contributed by atoms with Gasteiger partial charge in [0.1, 0.15) is 17.4 Å². The maximum absolute atomic E-state index is 13.4. The second kappa shape index (κ2) is 7.69. The average molecular weight is 420 g/mol. The Bertz CT molecular complexity index is 784. The van der Waals surface area contributed by atoms with E-state index in [2.05, 4.69) is 42.1 Å². The summed E-state index contributed by atoms with van der Waals surface area (Å²) in [5.74, 6) is -1.15. The van der Waals surface area contributed by atoms with Crippen LogP contribution in [0.25, 0.3) is 0 Å². The molecule has 0 saturated carbocycles. The number of hydrogen-bond acceptors (Lipinski definition) is 7. The van der Waals surface area contributed by atoms with E-state index in [1.165, 1.54) is 18.2 Å². The van der Waals surface area contributed by atoms with Crippen LogP contribution in [0.15, 0.2) is 32.4 Å². The second-order valence-electron chi connectivity index (χ2n) is 4.76. The first kappa shape index (κ1) is 18.3. The third kappa shape index (κ3) is 3.40. The zero-order valence-corrected chi connectivity index (χ0v) is 14.5. The number of nitrogens with two attached hydrogens (primary N) is 1. The number of nitrogens with one attached hydrogen (secondary N) is 2. The number of aromatic nitrogens is 2. The smallest absolute Gasteiger partial charge is 0.253 e. The van der Waals surface area contributed by atoms with Gasteiger partial charge >= 0.3 is 0 Å². The summed E-state index contributed by atoms with van der Waals surface area (Å²) in [6, 6.07) is 4.32. The van der Waals surface area contributed by atoms with Gasteiger partial charge in [0.05, 0.1) is 4.47 Å². The van der Waals surface area contributed by atoms with E-state index in [4.69, 9.17) is 10.4 Å². The number of amides is 1. The Morgan fingerprint density at radius 2 is 2.21 bits per heavy atom. The molecule has 128 valence electrons. The molecule has 0 saturated heterocycles. The van der Waals surface area contributed by atoms with E-state index in [0.29, 0.717) is 35.9 Å². The summed E-state index contributed by atoms with van der Waals surface area (Å²) in [5, 5.41) is 14.5. The second-order valence-corrected chi connectivity index (χ2v) is 5.61. The Labute approximate surface area is 150 Å². The van der Waals surface area contributed by atoms with Crippen LogP contribution in [0.4, 0.5) is 10.2 Å². The SMILES string of the molecule is Cl.NCCNc1nonc1C1=NNC(=O)C1c1ccc(F)c(Br)c1. The molecule has 1 unspecified atom stereocenters. The number of carbonyl (C=O) groups is 1. The lowest BCUT2D eigenvalue weighted by Gasteiger charge is -2.11. The van der Waals surface area contributed by atoms with Crippen LogP contribution in [-0.4, -0.2) is 35.0 Å². The Morgan fingerprint density at radius 1 is 1.42 bits per heavy atom. The summed E-state index contributed by atoms with van der Waals surface area (Å²) in [7, 11) is 0. The van der Waals surface area contributed by atoms with E-state index < -0.39 is 11.7 Å². The Balaban J connectivity index is 0.00000208. The quantitative estimate of drug-likeness (QED) is 0.674. The topological polar surface area (TPSA) is 118 Å². The molecule has 0 fully saturated rings. The molecule has 1 amide bonds. The van der Waals surface area contributed by atoms with Gasteiger partial charge in [-0.1, -0.05) is 6.07 Å². The van der Waals surface area contributed by atoms with Crippen LogP contribution in [-0.2, 0) is 4.79 Å². The zero-order chi connectivity index (χ0) is 16.4. The molecule has 1 atom stereocenters. The summed E-state index contributed by atoms with van der Waals surface area (Å²) in [6.45, 7) is 0.854. The van der Waals surface area contributed by atoms with Crippen LogP contribution in [0.3, 0.4) is 0 Å². The van der Waals surface area contributed by atoms with Crippen LogP contribution in [0, 0.1) is 5.82 Å². The number of hydrazone groups is 1. The minimum atomic E-state index is -0.739. The third-order valence-electron chi connectivity index (χ3n) is 3.27. The number of nitrogens with zero attached hydrogens (tertiary/aromatic N) is 3. The third-order valence-corrected chi connectivity index (χ3v) is 3.87. The molecular weight excluding hydrogens is 407 g/mol. The highest BCUT2D eigenvalue weighted by Crippen LogP contribution is 2.30. The minimum absolute atomic E-state index is 0. The lowest BCUT2D eigenvalue weighted by Crippen LogP contribution is -2.23. The van der Waals surface area contributed by atoms with Gasteiger partial charge in [-0.05, 0) is 43.9 Å². The molecule has 0 radical (unpaired) electrons. The molecule has 4 N–H and O–H groups in total. The van der Waals surface area contributed by atoms with Gasteiger partial charge in [0.15, 0.2) is 11.5 Å². The molecule has 24 heavy (non-hydrogen) atoms. The van der Waals surface area contributed by atoms with Crippen molar-refractivity contribution in [3.63, 3.8) is 0 Å². The van der Waals surface area contributed by atoms with E-state index in [9.17, 15) is 9.18 Å². The minimum Gasteiger partial charge on any atom is -0.364 e. The molecule has 1 aliphatic heterocycles. The maximum atomic E-state index is 13.4. The molecule has 1 aliphatic rings. The van der Waals surface area contributed by atoms with Gasteiger partial charge in [-0.15, -0.1) is 12.4 Å². The Hall–Kier alpha value is -2.04. The first-order valence-electron chi connectivity index (χ1n) is 6.71. The summed E-state index contributed by atoms with van der Waals surface area (Å²) in [4.78, 5) is 12.1. The number of anilines is 1. The molecule has 2 aromatic rings. The molecular formula is C13H13BrClFN6O2. The molecule has 1 aromatic heterocycles. The van der Waals surface area contributed by atoms with E-state index in [1.807, 2.05) is 0 Å². The van der Waals surface area contributed by atoms with Crippen molar-refractivity contribution in [2.45, 2.75) is 5.92 Å². The Morgan fingerprint density at radius 3 is 2.92 bits per heavy atom. The van der Waals surface area contributed by atoms with Crippen LogP contribution in [0.1, 0.15) is 17.2 Å². The fourth-order valence-corrected chi connectivity index (χ4v) is 2.62. The van der Waals surface area contributed by atoms with Crippen LogP contribution >= 0.6 is 28.3 Å². The lowest BCUT2D eigenvalue weighted by molar-refractivity contribution is -0.120. The highest BCUT2D eigenvalue weighted by atomic mass is 79.9. The first-order chi connectivity index (χ1) is 11.1. The van der Waals surface area contributed by atoms with Gasteiger partial charge < -0.3 is 11.1 Å². The summed E-state index contributed by atoms with van der Waals surface area (Å²) in [5.41, 5.74) is 9.06. The fourth-order valence-electron chi connectivity index (χ4n) is 2.22. The summed E-state index contributed by atoms with van der Waals surface area (Å²) < 4.78 is 18.4. The van der Waals surface area contributed by atoms with Gasteiger partial charge in [-0.3, -0.25) is 4.79 Å². The number of carbonyl (C=O) groups excluding carboxylic acids is 1. The Kier molecular flexibility index (Phi) is 5.86.